The summed E-state index contributed by atoms with van der Waals surface area (Å²) in [5.74, 6) is -0.853. The fraction of sp³-hybridized carbons (Fsp3) is 0.500. The Morgan fingerprint density at radius 3 is 2.48 bits per heavy atom. The van der Waals surface area contributed by atoms with Crippen LogP contribution in [0.1, 0.15) is 13.3 Å². The zero-order valence-corrected chi connectivity index (χ0v) is 15.7. The average Bonchev–Trinajstić information content (AvgIpc) is 2.46. The number of nitrogens with zero attached hydrogens (tertiary/aromatic N) is 2. The number of benzene rings is 1. The number of rotatable bonds is 5. The molecule has 1 atom stereocenters. The van der Waals surface area contributed by atoms with Crippen LogP contribution in [0.3, 0.4) is 0 Å². The van der Waals surface area contributed by atoms with Gasteiger partial charge in [0.05, 0.1) is 11.4 Å². The van der Waals surface area contributed by atoms with Crippen molar-refractivity contribution in [1.82, 2.24) is 9.21 Å². The van der Waals surface area contributed by atoms with E-state index in [1.54, 1.807) is 12.1 Å². The minimum absolute atomic E-state index is 0.0469. The lowest BCUT2D eigenvalue weighted by molar-refractivity contribution is -0.138. The van der Waals surface area contributed by atoms with Crippen LogP contribution >= 0.6 is 27.5 Å². The van der Waals surface area contributed by atoms with Gasteiger partial charge in [-0.15, -0.1) is 0 Å². The summed E-state index contributed by atoms with van der Waals surface area (Å²) in [6, 6.07) is 4.57. The molecule has 0 amide bonds. The Morgan fingerprint density at radius 1 is 1.35 bits per heavy atom. The van der Waals surface area contributed by atoms with Gasteiger partial charge in [-0.25, -0.2) is 8.42 Å². The topological polar surface area (TPSA) is 77.9 Å². The van der Waals surface area contributed by atoms with Gasteiger partial charge in [0.25, 0.3) is 0 Å². The molecular weight excluding hydrogens is 408 g/mol. The van der Waals surface area contributed by atoms with Crippen molar-refractivity contribution in [2.45, 2.75) is 24.3 Å². The Morgan fingerprint density at radius 2 is 1.96 bits per heavy atom. The minimum atomic E-state index is -3.64. The summed E-state index contributed by atoms with van der Waals surface area (Å²) in [6.45, 7) is 3.48. The molecule has 9 heteroatoms. The molecule has 23 heavy (non-hydrogen) atoms. The highest BCUT2D eigenvalue weighted by Gasteiger charge is 2.31. The van der Waals surface area contributed by atoms with Crippen molar-refractivity contribution >= 4 is 43.5 Å². The van der Waals surface area contributed by atoms with E-state index in [1.807, 2.05) is 11.8 Å². The molecule has 1 aliphatic heterocycles. The Balaban J connectivity index is 2.08. The van der Waals surface area contributed by atoms with Gasteiger partial charge in [-0.3, -0.25) is 9.69 Å². The zero-order chi connectivity index (χ0) is 17.2. The van der Waals surface area contributed by atoms with Gasteiger partial charge in [0.1, 0.15) is 4.90 Å². The van der Waals surface area contributed by atoms with Crippen molar-refractivity contribution in [1.29, 1.82) is 0 Å². The normalized spacial score (nSPS) is 18.7. The first-order valence-electron chi connectivity index (χ1n) is 7.13. The quantitative estimate of drug-likeness (QED) is 0.783. The van der Waals surface area contributed by atoms with Crippen molar-refractivity contribution < 1.29 is 18.3 Å². The van der Waals surface area contributed by atoms with E-state index in [4.69, 9.17) is 16.7 Å². The van der Waals surface area contributed by atoms with Crippen LogP contribution in [-0.4, -0.2) is 60.9 Å². The van der Waals surface area contributed by atoms with E-state index >= 15 is 0 Å². The molecule has 1 heterocycles. The van der Waals surface area contributed by atoms with E-state index in [1.165, 1.54) is 10.4 Å². The van der Waals surface area contributed by atoms with Crippen LogP contribution in [0.15, 0.2) is 27.6 Å². The molecular formula is C14H18BrClN2O4S. The van der Waals surface area contributed by atoms with Crippen LogP contribution in [0.2, 0.25) is 5.02 Å². The smallest absolute Gasteiger partial charge is 0.304 e. The molecule has 1 unspecified atom stereocenters. The molecule has 0 aliphatic carbocycles. The molecule has 6 nitrogen and oxygen atoms in total. The monoisotopic (exact) mass is 424 g/mol. The highest BCUT2D eigenvalue weighted by Crippen LogP contribution is 2.28. The van der Waals surface area contributed by atoms with E-state index in [9.17, 15) is 13.2 Å². The van der Waals surface area contributed by atoms with E-state index < -0.39 is 16.0 Å². The van der Waals surface area contributed by atoms with Crippen molar-refractivity contribution in [3.05, 3.63) is 27.7 Å². The summed E-state index contributed by atoms with van der Waals surface area (Å²) in [6.07, 6.45) is 0.0469. The van der Waals surface area contributed by atoms with Crippen LogP contribution in [0.4, 0.5) is 0 Å². The maximum absolute atomic E-state index is 12.7. The number of carboxylic acids is 1. The molecule has 0 radical (unpaired) electrons. The molecule has 0 saturated carbocycles. The molecule has 0 aromatic heterocycles. The second-order valence-corrected chi connectivity index (χ2v) is 8.69. The molecule has 1 aromatic carbocycles. The summed E-state index contributed by atoms with van der Waals surface area (Å²) in [5.41, 5.74) is 0. The zero-order valence-electron chi connectivity index (χ0n) is 12.6. The molecule has 128 valence electrons. The number of carboxylic acid groups (broad SMARTS) is 1. The number of carbonyl (C=O) groups is 1. The van der Waals surface area contributed by atoms with Crippen LogP contribution < -0.4 is 0 Å². The SMILES string of the molecule is CC(CC(=O)O)N1CCN(S(=O)(=O)c2ccc(Br)cc2Cl)CC1. The molecule has 0 bridgehead atoms. The fourth-order valence-electron chi connectivity index (χ4n) is 2.59. The first-order valence-corrected chi connectivity index (χ1v) is 9.74. The fourth-order valence-corrected chi connectivity index (χ4v) is 5.02. The van der Waals surface area contributed by atoms with Crippen molar-refractivity contribution in [3.63, 3.8) is 0 Å². The third-order valence-corrected chi connectivity index (χ3v) is 6.75. The maximum atomic E-state index is 12.7. The number of hydrogen-bond donors (Lipinski definition) is 1. The van der Waals surface area contributed by atoms with Gasteiger partial charge < -0.3 is 5.11 Å². The van der Waals surface area contributed by atoms with E-state index in [-0.39, 0.29) is 22.4 Å². The van der Waals surface area contributed by atoms with Gasteiger partial charge in [-0.2, -0.15) is 4.31 Å². The first-order chi connectivity index (χ1) is 10.7. The van der Waals surface area contributed by atoms with Gasteiger partial charge in [0.2, 0.25) is 10.0 Å². The highest BCUT2D eigenvalue weighted by molar-refractivity contribution is 9.10. The minimum Gasteiger partial charge on any atom is -0.481 e. The predicted molar refractivity (Wildman–Crippen MR) is 91.2 cm³/mol. The molecule has 2 rings (SSSR count). The van der Waals surface area contributed by atoms with E-state index in [0.717, 1.165) is 0 Å². The molecule has 1 aromatic rings. The summed E-state index contributed by atoms with van der Waals surface area (Å²) in [7, 11) is -3.64. The lowest BCUT2D eigenvalue weighted by Gasteiger charge is -2.37. The number of halogens is 2. The number of hydrogen-bond acceptors (Lipinski definition) is 4. The Hall–Kier alpha value is -0.670. The second-order valence-electron chi connectivity index (χ2n) is 5.46. The van der Waals surface area contributed by atoms with Gasteiger partial charge in [-0.1, -0.05) is 27.5 Å². The van der Waals surface area contributed by atoms with E-state index in [0.29, 0.717) is 30.7 Å². The Kier molecular flexibility index (Phi) is 6.07. The molecule has 1 N–H and O–H groups in total. The van der Waals surface area contributed by atoms with Crippen LogP contribution in [-0.2, 0) is 14.8 Å². The standard InChI is InChI=1S/C14H18BrClN2O4S/c1-10(8-14(19)20)17-4-6-18(7-5-17)23(21,22)13-3-2-11(15)9-12(13)16/h2-3,9-10H,4-8H2,1H3,(H,19,20). The lowest BCUT2D eigenvalue weighted by Crippen LogP contribution is -2.51. The Labute approximate surface area is 149 Å². The van der Waals surface area contributed by atoms with Crippen LogP contribution in [0, 0.1) is 0 Å². The summed E-state index contributed by atoms with van der Waals surface area (Å²) in [5, 5.41) is 9.03. The summed E-state index contributed by atoms with van der Waals surface area (Å²) in [4.78, 5) is 12.9. The molecule has 1 aliphatic rings. The second kappa shape index (κ2) is 7.48. The molecule has 1 fully saturated rings. The number of aliphatic carboxylic acids is 1. The van der Waals surface area contributed by atoms with Crippen molar-refractivity contribution in [2.75, 3.05) is 26.2 Å². The third kappa shape index (κ3) is 4.45. The van der Waals surface area contributed by atoms with Gasteiger partial charge in [0, 0.05) is 36.7 Å². The largest absolute Gasteiger partial charge is 0.481 e. The summed E-state index contributed by atoms with van der Waals surface area (Å²) >= 11 is 9.31. The van der Waals surface area contributed by atoms with Crippen molar-refractivity contribution in [2.24, 2.45) is 0 Å². The summed E-state index contributed by atoms with van der Waals surface area (Å²) < 4.78 is 27.5. The maximum Gasteiger partial charge on any atom is 0.304 e. The average molecular weight is 426 g/mol. The number of piperazine rings is 1. The Bertz CT molecular complexity index is 690. The van der Waals surface area contributed by atoms with Crippen LogP contribution in [0.25, 0.3) is 0 Å². The predicted octanol–water partition coefficient (Wildman–Crippen LogP) is 2.27. The van der Waals surface area contributed by atoms with Crippen molar-refractivity contribution in [3.8, 4) is 0 Å². The van der Waals surface area contributed by atoms with Gasteiger partial charge in [-0.05, 0) is 25.1 Å². The lowest BCUT2D eigenvalue weighted by atomic mass is 10.2. The third-order valence-electron chi connectivity index (χ3n) is 3.88. The van der Waals surface area contributed by atoms with Crippen LogP contribution in [0.5, 0.6) is 0 Å². The molecule has 1 saturated heterocycles. The van der Waals surface area contributed by atoms with E-state index in [2.05, 4.69) is 15.9 Å². The number of sulfonamides is 1. The van der Waals surface area contributed by atoms with Gasteiger partial charge >= 0.3 is 5.97 Å². The first kappa shape index (κ1) is 18.7. The molecule has 0 spiro atoms. The van der Waals surface area contributed by atoms with Gasteiger partial charge in [0.15, 0.2) is 0 Å². The highest BCUT2D eigenvalue weighted by atomic mass is 79.9.